The summed E-state index contributed by atoms with van der Waals surface area (Å²) in [6.45, 7) is 6.92. The highest BCUT2D eigenvalue weighted by Gasteiger charge is 2.48. The number of benzene rings is 5. The van der Waals surface area contributed by atoms with Crippen molar-refractivity contribution >= 4 is 46.7 Å². The molecule has 0 nitrogen and oxygen atoms in total. The van der Waals surface area contributed by atoms with Gasteiger partial charge in [-0.1, -0.05) is 148 Å². The fourth-order valence-electron chi connectivity index (χ4n) is 6.34. The molecule has 0 bridgehead atoms. The van der Waals surface area contributed by atoms with Crippen LogP contribution in [0.1, 0.15) is 22.3 Å². The third kappa shape index (κ3) is 3.88. The molecule has 0 N–H and O–H groups in total. The Morgan fingerprint density at radius 3 is 1.62 bits per heavy atom. The summed E-state index contributed by atoms with van der Waals surface area (Å²) in [5.74, 6) is 3.63. The predicted molar refractivity (Wildman–Crippen MR) is 163 cm³/mol. The van der Waals surface area contributed by atoms with Crippen LogP contribution >= 0.6 is 0 Å². The summed E-state index contributed by atoms with van der Waals surface area (Å²) in [7, 11) is -2.66. The second-order valence-corrected chi connectivity index (χ2v) is 13.6. The molecule has 1 aliphatic heterocycles. The molecule has 176 valence electrons. The molecule has 0 atom stereocenters. The molecule has 0 radical (unpaired) electrons. The van der Waals surface area contributed by atoms with Gasteiger partial charge in [0.15, 0.2) is 0 Å². The molecular formula is C35H29BSi. The molecule has 1 aliphatic rings. The zero-order chi connectivity index (χ0) is 25.4. The van der Waals surface area contributed by atoms with Crippen LogP contribution in [0.2, 0.25) is 0 Å². The van der Waals surface area contributed by atoms with Gasteiger partial charge in [0.1, 0.15) is 0 Å². The Kier molecular flexibility index (Phi) is 5.95. The summed E-state index contributed by atoms with van der Waals surface area (Å²) in [4.78, 5) is 0. The zero-order valence-corrected chi connectivity index (χ0v) is 22.6. The maximum atomic E-state index is 3.98. The van der Waals surface area contributed by atoms with Gasteiger partial charge in [-0.05, 0) is 48.5 Å². The maximum absolute atomic E-state index is 3.98. The lowest BCUT2D eigenvalue weighted by atomic mass is 9.35. The highest BCUT2D eigenvalue weighted by molar-refractivity contribution is 7.24. The van der Waals surface area contributed by atoms with Gasteiger partial charge < -0.3 is 0 Å². The Morgan fingerprint density at radius 1 is 0.568 bits per heavy atom. The third-order valence-electron chi connectivity index (χ3n) is 7.75. The van der Waals surface area contributed by atoms with E-state index in [1.807, 2.05) is 0 Å². The van der Waals surface area contributed by atoms with Gasteiger partial charge in [-0.2, -0.15) is 0 Å². The number of aryl methyl sites for hydroxylation is 3. The van der Waals surface area contributed by atoms with Crippen LogP contribution in [0.25, 0.3) is 0 Å². The molecule has 0 fully saturated rings. The summed E-state index contributed by atoms with van der Waals surface area (Å²) in [6.07, 6.45) is 0. The highest BCUT2D eigenvalue weighted by Crippen LogP contribution is 2.14. The smallest absolute Gasteiger partial charge is 0.109 e. The van der Waals surface area contributed by atoms with Crippen molar-refractivity contribution in [3.05, 3.63) is 144 Å². The van der Waals surface area contributed by atoms with Crippen LogP contribution in [0, 0.1) is 32.2 Å². The molecule has 0 aromatic heterocycles. The predicted octanol–water partition coefficient (Wildman–Crippen LogP) is 3.50. The van der Waals surface area contributed by atoms with Crippen molar-refractivity contribution in [3.63, 3.8) is 0 Å². The minimum absolute atomic E-state index is 0.191. The Labute approximate surface area is 222 Å². The van der Waals surface area contributed by atoms with E-state index in [0.717, 1.165) is 5.56 Å². The Hall–Kier alpha value is -4.06. The molecule has 2 heteroatoms. The summed E-state index contributed by atoms with van der Waals surface area (Å²) >= 11 is 0. The second-order valence-electron chi connectivity index (χ2n) is 10.2. The molecule has 0 aliphatic carbocycles. The van der Waals surface area contributed by atoms with Crippen molar-refractivity contribution in [2.75, 3.05) is 0 Å². The molecular weight excluding hydrogens is 459 g/mol. The van der Waals surface area contributed by atoms with E-state index >= 15 is 0 Å². The number of fused-ring (bicyclic) bond motifs is 2. The molecule has 6 rings (SSSR count). The first-order chi connectivity index (χ1) is 18.1. The van der Waals surface area contributed by atoms with E-state index in [1.54, 1.807) is 0 Å². The minimum Gasteiger partial charge on any atom is -0.109 e. The summed E-state index contributed by atoms with van der Waals surface area (Å²) < 4.78 is 0. The maximum Gasteiger partial charge on any atom is 0.241 e. The molecule has 0 saturated carbocycles. The van der Waals surface area contributed by atoms with Crippen molar-refractivity contribution in [2.45, 2.75) is 20.8 Å². The first-order valence-electron chi connectivity index (χ1n) is 13.0. The number of rotatable bonds is 2. The second kappa shape index (κ2) is 9.43. The van der Waals surface area contributed by atoms with Gasteiger partial charge >= 0.3 is 0 Å². The molecule has 0 unspecified atom stereocenters. The Balaban J connectivity index is 1.73. The van der Waals surface area contributed by atoms with Gasteiger partial charge in [0.05, 0.1) is 0 Å². The Morgan fingerprint density at radius 2 is 1.05 bits per heavy atom. The summed E-state index contributed by atoms with van der Waals surface area (Å²) in [5, 5.41) is 4.16. The first-order valence-corrected chi connectivity index (χ1v) is 15.0. The SMILES string of the molecule is Cc1cc(C)c(B2c3ccccc3[Si](C#Cc3ccccc3)(c3ccccc3)c3ccccc32)c(C)c1. The lowest BCUT2D eigenvalue weighted by molar-refractivity contribution is 1.35. The van der Waals surface area contributed by atoms with Gasteiger partial charge in [0.2, 0.25) is 14.8 Å². The van der Waals surface area contributed by atoms with Crippen molar-refractivity contribution in [1.82, 2.24) is 0 Å². The molecule has 0 saturated heterocycles. The Bertz CT molecular complexity index is 1590. The van der Waals surface area contributed by atoms with Crippen molar-refractivity contribution in [2.24, 2.45) is 0 Å². The molecule has 37 heavy (non-hydrogen) atoms. The van der Waals surface area contributed by atoms with E-state index in [1.165, 1.54) is 48.6 Å². The fraction of sp³-hybridized carbons (Fsp3) is 0.0857. The van der Waals surface area contributed by atoms with Gasteiger partial charge in [-0.15, -0.1) is 5.54 Å². The quantitative estimate of drug-likeness (QED) is 0.264. The van der Waals surface area contributed by atoms with Crippen LogP contribution in [0.15, 0.2) is 121 Å². The van der Waals surface area contributed by atoms with Gasteiger partial charge in [-0.3, -0.25) is 0 Å². The lowest BCUT2D eigenvalue weighted by Crippen LogP contribution is -2.82. The molecule has 1 heterocycles. The van der Waals surface area contributed by atoms with Crippen LogP contribution in [0.3, 0.4) is 0 Å². The van der Waals surface area contributed by atoms with Crippen LogP contribution < -0.4 is 31.9 Å². The van der Waals surface area contributed by atoms with Crippen LogP contribution in [-0.2, 0) is 0 Å². The van der Waals surface area contributed by atoms with Crippen LogP contribution in [-0.4, -0.2) is 14.8 Å². The largest absolute Gasteiger partial charge is 0.241 e. The van der Waals surface area contributed by atoms with E-state index in [4.69, 9.17) is 0 Å². The molecule has 5 aromatic carbocycles. The van der Waals surface area contributed by atoms with E-state index < -0.39 is 8.07 Å². The van der Waals surface area contributed by atoms with E-state index in [0.29, 0.717) is 0 Å². The molecule has 0 amide bonds. The lowest BCUT2D eigenvalue weighted by Gasteiger charge is -2.39. The zero-order valence-electron chi connectivity index (χ0n) is 21.6. The summed E-state index contributed by atoms with van der Waals surface area (Å²) in [5.41, 5.74) is 13.3. The van der Waals surface area contributed by atoms with Gasteiger partial charge in [-0.25, -0.2) is 0 Å². The van der Waals surface area contributed by atoms with Gasteiger partial charge in [0, 0.05) is 5.56 Å². The number of hydrogen-bond acceptors (Lipinski definition) is 0. The third-order valence-corrected chi connectivity index (χ3v) is 12.0. The standard InChI is InChI=1S/C35H29BSi/c1-26-24-27(2)35(28(3)25-26)36-31-18-10-12-20-33(31)37(30-16-8-5-9-17-30,34-21-13-11-19-32(34)36)23-22-29-14-6-4-7-15-29/h4-21,24-25H,1-3H3. The highest BCUT2D eigenvalue weighted by atomic mass is 28.3. The molecule has 5 aromatic rings. The number of hydrogen-bond donors (Lipinski definition) is 0. The molecule has 0 spiro atoms. The summed E-state index contributed by atoms with van der Waals surface area (Å²) in [6, 6.07) is 44.3. The van der Waals surface area contributed by atoms with E-state index in [2.05, 4.69) is 154 Å². The van der Waals surface area contributed by atoms with Crippen molar-refractivity contribution in [3.8, 4) is 11.5 Å². The van der Waals surface area contributed by atoms with E-state index in [-0.39, 0.29) is 6.71 Å². The fourth-order valence-corrected chi connectivity index (χ4v) is 10.7. The topological polar surface area (TPSA) is 0 Å². The van der Waals surface area contributed by atoms with E-state index in [9.17, 15) is 0 Å². The normalized spacial score (nSPS) is 13.2. The van der Waals surface area contributed by atoms with Crippen LogP contribution in [0.4, 0.5) is 0 Å². The van der Waals surface area contributed by atoms with Crippen molar-refractivity contribution in [1.29, 1.82) is 0 Å². The van der Waals surface area contributed by atoms with Crippen molar-refractivity contribution < 1.29 is 0 Å². The van der Waals surface area contributed by atoms with Gasteiger partial charge in [0.25, 0.3) is 0 Å². The first kappa shape index (κ1) is 23.3. The average molecular weight is 489 g/mol. The minimum atomic E-state index is -2.66. The average Bonchev–Trinajstić information content (AvgIpc) is 2.93. The monoisotopic (exact) mass is 488 g/mol. The van der Waals surface area contributed by atoms with Crippen LogP contribution in [0.5, 0.6) is 0 Å².